The van der Waals surface area contributed by atoms with Crippen LogP contribution in [0.1, 0.15) is 34.6 Å². The van der Waals surface area contributed by atoms with Gasteiger partial charge in [-0.25, -0.2) is 0 Å². The summed E-state index contributed by atoms with van der Waals surface area (Å²) in [6, 6.07) is 3.58. The lowest BCUT2D eigenvalue weighted by atomic mass is 10.2. The van der Waals surface area contributed by atoms with Crippen molar-refractivity contribution in [3.63, 3.8) is 0 Å². The van der Waals surface area contributed by atoms with E-state index >= 15 is 0 Å². The molecule has 0 heterocycles. The first kappa shape index (κ1) is 13.5. The molecule has 0 fully saturated rings. The Morgan fingerprint density at radius 3 is 1.69 bits per heavy atom. The molecule has 0 saturated heterocycles. The summed E-state index contributed by atoms with van der Waals surface area (Å²) in [5.74, 6) is 0.585. The molecule has 13 heavy (non-hydrogen) atoms. The van der Waals surface area contributed by atoms with E-state index < -0.39 is 8.32 Å². The van der Waals surface area contributed by atoms with Crippen LogP contribution in [-0.4, -0.2) is 19.8 Å². The number of rotatable bonds is 6. The maximum atomic E-state index is 6.23. The molecule has 0 aromatic carbocycles. The van der Waals surface area contributed by atoms with Gasteiger partial charge in [0.05, 0.1) is 5.60 Å². The summed E-state index contributed by atoms with van der Waals surface area (Å²) in [7, 11) is -1.46. The molecule has 0 spiro atoms. The Bertz CT molecular complexity index is 136. The van der Waals surface area contributed by atoms with E-state index in [-0.39, 0.29) is 5.60 Å². The third kappa shape index (κ3) is 4.01. The van der Waals surface area contributed by atoms with Crippen LogP contribution in [0.3, 0.4) is 0 Å². The zero-order chi connectivity index (χ0) is 10.5. The fraction of sp³-hybridized carbons (Fsp3) is 1.00. The van der Waals surface area contributed by atoms with Gasteiger partial charge in [0, 0.05) is 5.88 Å². The summed E-state index contributed by atoms with van der Waals surface area (Å²) in [6.07, 6.45) is 0. The Balaban J connectivity index is 4.41. The van der Waals surface area contributed by atoms with E-state index in [1.54, 1.807) is 0 Å². The zero-order valence-corrected chi connectivity index (χ0v) is 11.4. The minimum atomic E-state index is -1.46. The van der Waals surface area contributed by atoms with Crippen LogP contribution in [0.15, 0.2) is 0 Å². The summed E-state index contributed by atoms with van der Waals surface area (Å²) in [4.78, 5) is 0. The predicted octanol–water partition coefficient (Wildman–Crippen LogP) is 4.03. The maximum Gasteiger partial charge on any atom is 0.192 e. The first-order valence-electron chi connectivity index (χ1n) is 5.21. The van der Waals surface area contributed by atoms with E-state index in [2.05, 4.69) is 34.6 Å². The summed E-state index contributed by atoms with van der Waals surface area (Å²) < 4.78 is 6.23. The molecule has 80 valence electrons. The molecule has 0 unspecified atom stereocenters. The normalized spacial score (nSPS) is 13.4. The molecule has 0 aliphatic heterocycles. The van der Waals surface area contributed by atoms with E-state index in [0.717, 1.165) is 0 Å². The molecule has 0 amide bonds. The van der Waals surface area contributed by atoms with Gasteiger partial charge in [-0.15, -0.1) is 11.6 Å². The average Bonchev–Trinajstić information content (AvgIpc) is 2.14. The lowest BCUT2D eigenvalue weighted by Gasteiger charge is -2.37. The fourth-order valence-corrected chi connectivity index (χ4v) is 4.90. The van der Waals surface area contributed by atoms with Crippen LogP contribution in [0.4, 0.5) is 0 Å². The van der Waals surface area contributed by atoms with Crippen LogP contribution < -0.4 is 0 Å². The molecule has 0 aliphatic carbocycles. The van der Waals surface area contributed by atoms with Crippen molar-refractivity contribution in [2.75, 3.05) is 5.88 Å². The topological polar surface area (TPSA) is 9.23 Å². The van der Waals surface area contributed by atoms with Gasteiger partial charge >= 0.3 is 0 Å². The zero-order valence-electron chi connectivity index (χ0n) is 9.61. The standard InChI is InChI=1S/C10H23ClOSi/c1-6-13(7-2,8-3)12-10(4,5)9-11/h6-9H2,1-5H3. The maximum absolute atomic E-state index is 6.23. The van der Waals surface area contributed by atoms with Crippen molar-refractivity contribution in [1.29, 1.82) is 0 Å². The molecule has 0 atom stereocenters. The second-order valence-electron chi connectivity index (χ2n) is 4.24. The van der Waals surface area contributed by atoms with Crippen molar-refractivity contribution in [1.82, 2.24) is 0 Å². The lowest BCUT2D eigenvalue weighted by Crippen LogP contribution is -2.45. The Morgan fingerprint density at radius 2 is 1.46 bits per heavy atom. The van der Waals surface area contributed by atoms with Crippen molar-refractivity contribution in [3.05, 3.63) is 0 Å². The van der Waals surface area contributed by atoms with Gasteiger partial charge in [-0.05, 0) is 32.0 Å². The molecule has 0 aromatic rings. The number of hydrogen-bond donors (Lipinski definition) is 0. The molecule has 0 aromatic heterocycles. The van der Waals surface area contributed by atoms with Crippen LogP contribution in [0.5, 0.6) is 0 Å². The Morgan fingerprint density at radius 1 is 1.08 bits per heavy atom. The number of hydrogen-bond acceptors (Lipinski definition) is 1. The van der Waals surface area contributed by atoms with Gasteiger partial charge < -0.3 is 4.43 Å². The van der Waals surface area contributed by atoms with Crippen molar-refractivity contribution < 1.29 is 4.43 Å². The van der Waals surface area contributed by atoms with E-state index in [0.29, 0.717) is 5.88 Å². The molecular weight excluding hydrogens is 200 g/mol. The van der Waals surface area contributed by atoms with Gasteiger partial charge in [-0.1, -0.05) is 20.8 Å². The van der Waals surface area contributed by atoms with Crippen molar-refractivity contribution in [2.24, 2.45) is 0 Å². The molecular formula is C10H23ClOSi. The van der Waals surface area contributed by atoms with Crippen LogP contribution in [0.2, 0.25) is 18.1 Å². The summed E-state index contributed by atoms with van der Waals surface area (Å²) >= 11 is 5.87. The van der Waals surface area contributed by atoms with Gasteiger partial charge in [0.2, 0.25) is 0 Å². The van der Waals surface area contributed by atoms with E-state index in [1.807, 2.05) is 0 Å². The third-order valence-electron chi connectivity index (χ3n) is 2.75. The highest BCUT2D eigenvalue weighted by molar-refractivity contribution is 6.73. The highest BCUT2D eigenvalue weighted by Crippen LogP contribution is 2.28. The SMILES string of the molecule is CC[Si](CC)(CC)OC(C)(C)CCl. The molecule has 0 radical (unpaired) electrons. The largest absolute Gasteiger partial charge is 0.411 e. The van der Waals surface area contributed by atoms with Gasteiger partial charge in [-0.3, -0.25) is 0 Å². The predicted molar refractivity (Wildman–Crippen MR) is 63.1 cm³/mol. The molecule has 0 bridgehead atoms. The number of alkyl halides is 1. The van der Waals surface area contributed by atoms with Crippen LogP contribution in [0, 0.1) is 0 Å². The van der Waals surface area contributed by atoms with Crippen LogP contribution in [0.25, 0.3) is 0 Å². The average molecular weight is 223 g/mol. The third-order valence-corrected chi connectivity index (χ3v) is 8.24. The summed E-state index contributed by atoms with van der Waals surface area (Å²) in [6.45, 7) is 10.9. The molecule has 0 aliphatic rings. The first-order valence-corrected chi connectivity index (χ1v) is 8.28. The summed E-state index contributed by atoms with van der Waals surface area (Å²) in [5, 5.41) is 0. The molecule has 3 heteroatoms. The summed E-state index contributed by atoms with van der Waals surface area (Å²) in [5.41, 5.74) is -0.143. The van der Waals surface area contributed by atoms with Crippen LogP contribution >= 0.6 is 11.6 Å². The van der Waals surface area contributed by atoms with E-state index in [4.69, 9.17) is 16.0 Å². The minimum Gasteiger partial charge on any atom is -0.411 e. The lowest BCUT2D eigenvalue weighted by molar-refractivity contribution is 0.120. The molecule has 0 N–H and O–H groups in total. The molecule has 0 rings (SSSR count). The van der Waals surface area contributed by atoms with Crippen molar-refractivity contribution in [3.8, 4) is 0 Å². The molecule has 1 nitrogen and oxygen atoms in total. The quantitative estimate of drug-likeness (QED) is 0.487. The monoisotopic (exact) mass is 222 g/mol. The second-order valence-corrected chi connectivity index (χ2v) is 9.20. The van der Waals surface area contributed by atoms with Gasteiger partial charge in [0.25, 0.3) is 0 Å². The first-order chi connectivity index (χ1) is 5.95. The van der Waals surface area contributed by atoms with Crippen molar-refractivity contribution in [2.45, 2.75) is 58.4 Å². The minimum absolute atomic E-state index is 0.143. The second kappa shape index (κ2) is 5.37. The van der Waals surface area contributed by atoms with Gasteiger partial charge in [0.1, 0.15) is 0 Å². The highest BCUT2D eigenvalue weighted by Gasteiger charge is 2.34. The Hall–Kier alpha value is 0.467. The molecule has 0 saturated carbocycles. The highest BCUT2D eigenvalue weighted by atomic mass is 35.5. The van der Waals surface area contributed by atoms with E-state index in [1.165, 1.54) is 18.1 Å². The van der Waals surface area contributed by atoms with Gasteiger partial charge in [0.15, 0.2) is 8.32 Å². The smallest absolute Gasteiger partial charge is 0.192 e. The van der Waals surface area contributed by atoms with Crippen LogP contribution in [-0.2, 0) is 4.43 Å². The van der Waals surface area contributed by atoms with Gasteiger partial charge in [-0.2, -0.15) is 0 Å². The Labute approximate surface area is 88.9 Å². The number of halogens is 1. The van der Waals surface area contributed by atoms with Crippen molar-refractivity contribution >= 4 is 19.9 Å². The fourth-order valence-electron chi connectivity index (χ4n) is 1.58. The Kier molecular flexibility index (Phi) is 5.57. The van der Waals surface area contributed by atoms with E-state index in [9.17, 15) is 0 Å².